The van der Waals surface area contributed by atoms with Gasteiger partial charge in [-0.1, -0.05) is 31.5 Å². The fourth-order valence-electron chi connectivity index (χ4n) is 1.68. The molecule has 0 saturated heterocycles. The molecule has 1 aromatic rings. The van der Waals surface area contributed by atoms with Crippen LogP contribution in [0.25, 0.3) is 0 Å². The first-order chi connectivity index (χ1) is 9.47. The third-order valence-electron chi connectivity index (χ3n) is 2.98. The Morgan fingerprint density at radius 1 is 1.25 bits per heavy atom. The molecule has 0 spiro atoms. The van der Waals surface area contributed by atoms with Crippen molar-refractivity contribution in [2.24, 2.45) is 0 Å². The molecule has 0 fully saturated rings. The first-order valence-electron chi connectivity index (χ1n) is 6.75. The van der Waals surface area contributed by atoms with Crippen molar-refractivity contribution < 1.29 is 13.2 Å². The molecule has 0 aliphatic rings. The SMILES string of the molecule is CCCCC(=O)NCCS(=O)(=O)N(C)c1ccccc1. The van der Waals surface area contributed by atoms with Gasteiger partial charge in [0.15, 0.2) is 0 Å². The minimum atomic E-state index is -3.41. The zero-order valence-electron chi connectivity index (χ0n) is 12.0. The smallest absolute Gasteiger partial charge is 0.236 e. The number of anilines is 1. The predicted molar refractivity (Wildman–Crippen MR) is 81.2 cm³/mol. The lowest BCUT2D eigenvalue weighted by Gasteiger charge is -2.19. The van der Waals surface area contributed by atoms with Crippen LogP contribution < -0.4 is 9.62 Å². The summed E-state index contributed by atoms with van der Waals surface area (Å²) in [4.78, 5) is 11.4. The number of hydrogen-bond acceptors (Lipinski definition) is 3. The van der Waals surface area contributed by atoms with E-state index in [9.17, 15) is 13.2 Å². The van der Waals surface area contributed by atoms with E-state index in [0.717, 1.165) is 12.8 Å². The van der Waals surface area contributed by atoms with Crippen LogP contribution in [0, 0.1) is 0 Å². The number of hydrogen-bond donors (Lipinski definition) is 1. The molecule has 0 radical (unpaired) electrons. The number of carbonyl (C=O) groups excluding carboxylic acids is 1. The van der Waals surface area contributed by atoms with Gasteiger partial charge in [0.25, 0.3) is 0 Å². The Morgan fingerprint density at radius 3 is 2.50 bits per heavy atom. The normalized spacial score (nSPS) is 11.1. The molecule has 6 heteroatoms. The van der Waals surface area contributed by atoms with Crippen molar-refractivity contribution in [1.29, 1.82) is 0 Å². The van der Waals surface area contributed by atoms with Gasteiger partial charge in [-0.15, -0.1) is 0 Å². The second-order valence-electron chi connectivity index (χ2n) is 4.57. The molecule has 1 rings (SSSR count). The quantitative estimate of drug-likeness (QED) is 0.795. The number of amides is 1. The molecule has 0 unspecified atom stereocenters. The third kappa shape index (κ3) is 5.21. The molecule has 0 bridgehead atoms. The molecule has 1 aromatic carbocycles. The lowest BCUT2D eigenvalue weighted by atomic mass is 10.2. The molecular weight excluding hydrogens is 276 g/mol. The Labute approximate surface area is 121 Å². The average molecular weight is 298 g/mol. The Hall–Kier alpha value is -1.56. The van der Waals surface area contributed by atoms with Crippen molar-refractivity contribution in [2.75, 3.05) is 23.7 Å². The van der Waals surface area contributed by atoms with Crippen LogP contribution in [0.2, 0.25) is 0 Å². The van der Waals surface area contributed by atoms with E-state index in [1.54, 1.807) is 24.3 Å². The molecule has 0 aliphatic heterocycles. The van der Waals surface area contributed by atoms with Crippen molar-refractivity contribution >= 4 is 21.6 Å². The highest BCUT2D eigenvalue weighted by molar-refractivity contribution is 7.92. The van der Waals surface area contributed by atoms with Crippen molar-refractivity contribution in [3.8, 4) is 0 Å². The summed E-state index contributed by atoms with van der Waals surface area (Å²) in [5.74, 6) is -0.194. The van der Waals surface area contributed by atoms with Crippen molar-refractivity contribution in [3.63, 3.8) is 0 Å². The summed E-state index contributed by atoms with van der Waals surface area (Å²) in [6, 6.07) is 8.87. The average Bonchev–Trinajstić information content (AvgIpc) is 2.45. The van der Waals surface area contributed by atoms with Crippen LogP contribution in [0.5, 0.6) is 0 Å². The number of rotatable bonds is 8. The molecule has 0 heterocycles. The van der Waals surface area contributed by atoms with Gasteiger partial charge in [-0.2, -0.15) is 0 Å². The maximum absolute atomic E-state index is 12.1. The van der Waals surface area contributed by atoms with Gasteiger partial charge >= 0.3 is 0 Å². The molecule has 112 valence electrons. The van der Waals surface area contributed by atoms with E-state index in [-0.39, 0.29) is 18.2 Å². The molecule has 1 N–H and O–H groups in total. The van der Waals surface area contributed by atoms with E-state index < -0.39 is 10.0 Å². The molecule has 0 atom stereocenters. The summed E-state index contributed by atoms with van der Waals surface area (Å²) in [6.07, 6.45) is 2.22. The molecule has 0 aliphatic carbocycles. The number of benzene rings is 1. The highest BCUT2D eigenvalue weighted by Gasteiger charge is 2.18. The van der Waals surface area contributed by atoms with Crippen LogP contribution in [0.3, 0.4) is 0 Å². The zero-order valence-corrected chi connectivity index (χ0v) is 12.8. The Kier molecular flexibility index (Phi) is 6.51. The van der Waals surface area contributed by atoms with Gasteiger partial charge < -0.3 is 5.32 Å². The molecule has 5 nitrogen and oxygen atoms in total. The standard InChI is InChI=1S/C14H22N2O3S/c1-3-4-10-14(17)15-11-12-20(18,19)16(2)13-8-6-5-7-9-13/h5-9H,3-4,10-12H2,1-2H3,(H,15,17). The number of sulfonamides is 1. The van der Waals surface area contributed by atoms with Gasteiger partial charge in [-0.3, -0.25) is 9.10 Å². The van der Waals surface area contributed by atoms with Crippen molar-refractivity contribution in [2.45, 2.75) is 26.2 Å². The van der Waals surface area contributed by atoms with E-state index >= 15 is 0 Å². The highest BCUT2D eigenvalue weighted by Crippen LogP contribution is 2.14. The number of para-hydroxylation sites is 1. The van der Waals surface area contributed by atoms with Crippen LogP contribution in [0.4, 0.5) is 5.69 Å². The predicted octanol–water partition coefficient (Wildman–Crippen LogP) is 1.76. The lowest BCUT2D eigenvalue weighted by molar-refractivity contribution is -0.121. The maximum Gasteiger partial charge on any atom is 0.236 e. The molecule has 0 aromatic heterocycles. The van der Waals surface area contributed by atoms with E-state index in [1.807, 2.05) is 13.0 Å². The monoisotopic (exact) mass is 298 g/mol. The second kappa shape index (κ2) is 7.89. The van der Waals surface area contributed by atoms with Gasteiger partial charge in [0.05, 0.1) is 11.4 Å². The number of carbonyl (C=O) groups is 1. The summed E-state index contributed by atoms with van der Waals surface area (Å²) in [5.41, 5.74) is 0.616. The Bertz CT molecular complexity index is 514. The summed E-state index contributed by atoms with van der Waals surface area (Å²) >= 11 is 0. The topological polar surface area (TPSA) is 66.5 Å². The van der Waals surface area contributed by atoms with Gasteiger partial charge in [-0.25, -0.2) is 8.42 Å². The van der Waals surface area contributed by atoms with Crippen LogP contribution >= 0.6 is 0 Å². The summed E-state index contributed by atoms with van der Waals surface area (Å²) < 4.78 is 25.4. The Balaban J connectivity index is 2.48. The van der Waals surface area contributed by atoms with Gasteiger partial charge in [0.1, 0.15) is 0 Å². The van der Waals surface area contributed by atoms with E-state index in [1.165, 1.54) is 11.4 Å². The lowest BCUT2D eigenvalue weighted by Crippen LogP contribution is -2.35. The van der Waals surface area contributed by atoms with Crippen LogP contribution in [0.15, 0.2) is 30.3 Å². The zero-order chi connectivity index (χ0) is 15.0. The molecular formula is C14H22N2O3S. The number of nitrogens with zero attached hydrogens (tertiary/aromatic N) is 1. The van der Waals surface area contributed by atoms with Gasteiger partial charge in [-0.05, 0) is 18.6 Å². The van der Waals surface area contributed by atoms with Gasteiger partial charge in [0, 0.05) is 20.0 Å². The molecule has 0 saturated carbocycles. The van der Waals surface area contributed by atoms with E-state index in [4.69, 9.17) is 0 Å². The second-order valence-corrected chi connectivity index (χ2v) is 6.69. The van der Waals surface area contributed by atoms with Crippen LogP contribution in [-0.2, 0) is 14.8 Å². The Morgan fingerprint density at radius 2 is 1.90 bits per heavy atom. The summed E-state index contributed by atoms with van der Waals surface area (Å²) in [5, 5.41) is 2.64. The first kappa shape index (κ1) is 16.5. The number of unbranched alkanes of at least 4 members (excludes halogenated alkanes) is 1. The fraction of sp³-hybridized carbons (Fsp3) is 0.500. The van der Waals surface area contributed by atoms with Gasteiger partial charge in [0.2, 0.25) is 15.9 Å². The van der Waals surface area contributed by atoms with Crippen LogP contribution in [0.1, 0.15) is 26.2 Å². The van der Waals surface area contributed by atoms with Crippen molar-refractivity contribution in [3.05, 3.63) is 30.3 Å². The first-order valence-corrected chi connectivity index (χ1v) is 8.36. The third-order valence-corrected chi connectivity index (χ3v) is 4.74. The highest BCUT2D eigenvalue weighted by atomic mass is 32.2. The molecule has 1 amide bonds. The molecule has 20 heavy (non-hydrogen) atoms. The maximum atomic E-state index is 12.1. The minimum Gasteiger partial charge on any atom is -0.355 e. The summed E-state index contributed by atoms with van der Waals surface area (Å²) in [6.45, 7) is 2.15. The van der Waals surface area contributed by atoms with E-state index in [2.05, 4.69) is 5.32 Å². The summed E-state index contributed by atoms with van der Waals surface area (Å²) in [7, 11) is -1.89. The largest absolute Gasteiger partial charge is 0.355 e. The number of nitrogens with one attached hydrogen (secondary N) is 1. The minimum absolute atomic E-state index is 0.0931. The van der Waals surface area contributed by atoms with Crippen molar-refractivity contribution in [1.82, 2.24) is 5.32 Å². The fourth-order valence-corrected chi connectivity index (χ4v) is 2.76. The van der Waals surface area contributed by atoms with Crippen LogP contribution in [-0.4, -0.2) is 33.7 Å². The van der Waals surface area contributed by atoms with E-state index in [0.29, 0.717) is 12.1 Å².